The first-order valence-corrected chi connectivity index (χ1v) is 7.76. The highest BCUT2D eigenvalue weighted by Gasteiger charge is 2.32. The number of hydrogen-bond acceptors (Lipinski definition) is 3. The molecule has 0 aromatic heterocycles. The summed E-state index contributed by atoms with van der Waals surface area (Å²) in [6.45, 7) is 4.74. The van der Waals surface area contributed by atoms with E-state index < -0.39 is 0 Å². The highest BCUT2D eigenvalue weighted by atomic mass is 16.2. The van der Waals surface area contributed by atoms with Gasteiger partial charge in [-0.05, 0) is 50.1 Å². The Labute approximate surface area is 130 Å². The van der Waals surface area contributed by atoms with Crippen molar-refractivity contribution < 1.29 is 9.59 Å². The summed E-state index contributed by atoms with van der Waals surface area (Å²) >= 11 is 0. The smallest absolute Gasteiger partial charge is 0.321 e. The number of anilines is 1. The average Bonchev–Trinajstić information content (AvgIpc) is 3.12. The van der Waals surface area contributed by atoms with Crippen molar-refractivity contribution in [1.82, 2.24) is 10.2 Å². The summed E-state index contributed by atoms with van der Waals surface area (Å²) in [5, 5.41) is 2.77. The lowest BCUT2D eigenvalue weighted by Gasteiger charge is -2.22. The number of urea groups is 1. The van der Waals surface area contributed by atoms with Crippen LogP contribution in [0.3, 0.4) is 0 Å². The van der Waals surface area contributed by atoms with Gasteiger partial charge in [0.2, 0.25) is 0 Å². The maximum atomic E-state index is 12.6. The molecule has 2 aliphatic rings. The van der Waals surface area contributed by atoms with Crippen LogP contribution >= 0.6 is 0 Å². The third-order valence-electron chi connectivity index (χ3n) is 4.54. The number of rotatable bonds is 3. The van der Waals surface area contributed by atoms with Crippen molar-refractivity contribution in [3.8, 4) is 0 Å². The SMILES string of the molecule is CC1CC(CN)CN1C(=O)c1ccc(N2CCNC2=O)cc1. The molecule has 0 bridgehead atoms. The van der Waals surface area contributed by atoms with Crippen LogP contribution in [-0.4, -0.2) is 49.1 Å². The van der Waals surface area contributed by atoms with E-state index in [0.717, 1.165) is 18.7 Å². The summed E-state index contributed by atoms with van der Waals surface area (Å²) in [6, 6.07) is 7.40. The molecule has 6 heteroatoms. The van der Waals surface area contributed by atoms with Gasteiger partial charge in [-0.15, -0.1) is 0 Å². The molecule has 2 aliphatic heterocycles. The molecule has 1 aromatic rings. The van der Waals surface area contributed by atoms with Crippen LogP contribution in [-0.2, 0) is 0 Å². The van der Waals surface area contributed by atoms with Gasteiger partial charge in [0.15, 0.2) is 0 Å². The predicted octanol–water partition coefficient (Wildman–Crippen LogP) is 1.03. The lowest BCUT2D eigenvalue weighted by molar-refractivity contribution is 0.0743. The van der Waals surface area contributed by atoms with Crippen molar-refractivity contribution >= 4 is 17.6 Å². The second kappa shape index (κ2) is 5.96. The molecule has 3 rings (SSSR count). The zero-order chi connectivity index (χ0) is 15.7. The van der Waals surface area contributed by atoms with E-state index in [1.807, 2.05) is 17.0 Å². The van der Waals surface area contributed by atoms with Crippen molar-refractivity contribution in [2.24, 2.45) is 11.7 Å². The Kier molecular flexibility index (Phi) is 4.02. The fourth-order valence-electron chi connectivity index (χ4n) is 3.26. The Bertz CT molecular complexity index is 572. The van der Waals surface area contributed by atoms with E-state index in [1.54, 1.807) is 17.0 Å². The lowest BCUT2D eigenvalue weighted by Crippen LogP contribution is -2.34. The zero-order valence-electron chi connectivity index (χ0n) is 12.8. The highest BCUT2D eigenvalue weighted by Crippen LogP contribution is 2.25. The monoisotopic (exact) mass is 302 g/mol. The Balaban J connectivity index is 1.72. The van der Waals surface area contributed by atoms with Gasteiger partial charge >= 0.3 is 6.03 Å². The highest BCUT2D eigenvalue weighted by molar-refractivity contribution is 5.97. The zero-order valence-corrected chi connectivity index (χ0v) is 12.8. The molecule has 0 aliphatic carbocycles. The molecule has 2 saturated heterocycles. The second-order valence-corrected chi connectivity index (χ2v) is 6.07. The fourth-order valence-corrected chi connectivity index (χ4v) is 3.26. The second-order valence-electron chi connectivity index (χ2n) is 6.07. The number of benzene rings is 1. The van der Waals surface area contributed by atoms with Crippen LogP contribution in [0.15, 0.2) is 24.3 Å². The third-order valence-corrected chi connectivity index (χ3v) is 4.54. The molecular weight excluding hydrogens is 280 g/mol. The molecule has 2 fully saturated rings. The molecule has 2 heterocycles. The molecule has 3 amide bonds. The average molecular weight is 302 g/mol. The number of hydrogen-bond donors (Lipinski definition) is 2. The van der Waals surface area contributed by atoms with Crippen molar-refractivity contribution in [2.45, 2.75) is 19.4 Å². The van der Waals surface area contributed by atoms with Gasteiger partial charge in [0.05, 0.1) is 0 Å². The number of likely N-dealkylation sites (tertiary alicyclic amines) is 1. The van der Waals surface area contributed by atoms with E-state index in [0.29, 0.717) is 31.1 Å². The largest absolute Gasteiger partial charge is 0.336 e. The normalized spacial score (nSPS) is 24.7. The van der Waals surface area contributed by atoms with Gasteiger partial charge in [-0.2, -0.15) is 0 Å². The first-order chi connectivity index (χ1) is 10.6. The molecule has 1 aromatic carbocycles. The van der Waals surface area contributed by atoms with Gasteiger partial charge in [-0.3, -0.25) is 9.69 Å². The number of nitrogens with two attached hydrogens (primary N) is 1. The van der Waals surface area contributed by atoms with Gasteiger partial charge in [-0.1, -0.05) is 0 Å². The van der Waals surface area contributed by atoms with E-state index in [2.05, 4.69) is 12.2 Å². The van der Waals surface area contributed by atoms with Gasteiger partial charge < -0.3 is 16.0 Å². The lowest BCUT2D eigenvalue weighted by atomic mass is 10.1. The Morgan fingerprint density at radius 3 is 2.64 bits per heavy atom. The van der Waals surface area contributed by atoms with Crippen LogP contribution in [0.2, 0.25) is 0 Å². The van der Waals surface area contributed by atoms with Crippen molar-refractivity contribution in [3.63, 3.8) is 0 Å². The molecule has 6 nitrogen and oxygen atoms in total. The minimum Gasteiger partial charge on any atom is -0.336 e. The quantitative estimate of drug-likeness (QED) is 0.875. The van der Waals surface area contributed by atoms with Gasteiger partial charge in [-0.25, -0.2) is 4.79 Å². The van der Waals surface area contributed by atoms with Crippen LogP contribution in [0.4, 0.5) is 10.5 Å². The fraction of sp³-hybridized carbons (Fsp3) is 0.500. The first-order valence-electron chi connectivity index (χ1n) is 7.76. The molecule has 0 radical (unpaired) electrons. The Morgan fingerprint density at radius 1 is 1.36 bits per heavy atom. The minimum atomic E-state index is -0.0852. The number of carbonyl (C=O) groups excluding carboxylic acids is 2. The van der Waals surface area contributed by atoms with Crippen LogP contribution in [0.1, 0.15) is 23.7 Å². The molecule has 118 valence electrons. The van der Waals surface area contributed by atoms with Gasteiger partial charge in [0, 0.05) is 36.9 Å². The van der Waals surface area contributed by atoms with E-state index in [4.69, 9.17) is 5.73 Å². The van der Waals surface area contributed by atoms with Crippen molar-refractivity contribution in [1.29, 1.82) is 0 Å². The number of nitrogens with zero attached hydrogens (tertiary/aromatic N) is 2. The third kappa shape index (κ3) is 2.66. The van der Waals surface area contributed by atoms with E-state index in [-0.39, 0.29) is 18.0 Å². The summed E-state index contributed by atoms with van der Waals surface area (Å²) in [7, 11) is 0. The number of carbonyl (C=O) groups is 2. The van der Waals surface area contributed by atoms with Crippen LogP contribution in [0, 0.1) is 5.92 Å². The van der Waals surface area contributed by atoms with Crippen molar-refractivity contribution in [2.75, 3.05) is 31.1 Å². The first kappa shape index (κ1) is 14.8. The van der Waals surface area contributed by atoms with Crippen LogP contribution in [0.5, 0.6) is 0 Å². The minimum absolute atomic E-state index is 0.0425. The van der Waals surface area contributed by atoms with Gasteiger partial charge in [0.25, 0.3) is 5.91 Å². The summed E-state index contributed by atoms with van der Waals surface area (Å²) in [4.78, 5) is 27.8. The van der Waals surface area contributed by atoms with Crippen molar-refractivity contribution in [3.05, 3.63) is 29.8 Å². The Morgan fingerprint density at radius 2 is 2.09 bits per heavy atom. The molecule has 2 unspecified atom stereocenters. The molecule has 3 N–H and O–H groups in total. The van der Waals surface area contributed by atoms with Gasteiger partial charge in [0.1, 0.15) is 0 Å². The molecule has 2 atom stereocenters. The summed E-state index contributed by atoms with van der Waals surface area (Å²) < 4.78 is 0. The van der Waals surface area contributed by atoms with Crippen LogP contribution in [0.25, 0.3) is 0 Å². The Hall–Kier alpha value is -2.08. The molecule has 22 heavy (non-hydrogen) atoms. The summed E-state index contributed by atoms with van der Waals surface area (Å²) in [5.41, 5.74) is 7.20. The predicted molar refractivity (Wildman–Crippen MR) is 84.8 cm³/mol. The van der Waals surface area contributed by atoms with E-state index >= 15 is 0 Å². The molecule has 0 spiro atoms. The molecule has 0 saturated carbocycles. The number of nitrogens with one attached hydrogen (secondary N) is 1. The maximum Gasteiger partial charge on any atom is 0.321 e. The summed E-state index contributed by atoms with van der Waals surface area (Å²) in [6.07, 6.45) is 0.967. The summed E-state index contributed by atoms with van der Waals surface area (Å²) in [5.74, 6) is 0.437. The topological polar surface area (TPSA) is 78.7 Å². The maximum absolute atomic E-state index is 12.6. The molecular formula is C16H22N4O2. The van der Waals surface area contributed by atoms with E-state index in [1.165, 1.54) is 0 Å². The van der Waals surface area contributed by atoms with Crippen LogP contribution < -0.4 is 16.0 Å². The van der Waals surface area contributed by atoms with E-state index in [9.17, 15) is 9.59 Å². The standard InChI is InChI=1S/C16H22N4O2/c1-11-8-12(9-17)10-20(11)15(21)13-2-4-14(5-3-13)19-7-6-18-16(19)22/h2-5,11-12H,6-10,17H2,1H3,(H,18,22). The number of amides is 3.